The van der Waals surface area contributed by atoms with E-state index in [-0.39, 0.29) is 0 Å². The van der Waals surface area contributed by atoms with E-state index in [1.807, 2.05) is 6.07 Å². The predicted octanol–water partition coefficient (Wildman–Crippen LogP) is 2.11. The maximum Gasteiger partial charge on any atom is 0.0316 e. The molecule has 0 radical (unpaired) electrons. The summed E-state index contributed by atoms with van der Waals surface area (Å²) in [5.74, 6) is 0. The zero-order valence-electron chi connectivity index (χ0n) is 11.8. The van der Waals surface area contributed by atoms with E-state index in [0.29, 0.717) is 0 Å². The number of hydrogen-bond donors (Lipinski definition) is 1. The maximum atomic E-state index is 5.85. The number of benzene rings is 1. The number of nitrogens with zero attached hydrogens (tertiary/aromatic N) is 2. The van der Waals surface area contributed by atoms with Crippen LogP contribution in [0.25, 0.3) is 0 Å². The van der Waals surface area contributed by atoms with Gasteiger partial charge in [-0.2, -0.15) is 0 Å². The van der Waals surface area contributed by atoms with Crippen molar-refractivity contribution < 1.29 is 0 Å². The number of fused-ring (bicyclic) bond motifs is 1. The summed E-state index contributed by atoms with van der Waals surface area (Å²) < 4.78 is 0. The van der Waals surface area contributed by atoms with Crippen LogP contribution in [0.5, 0.6) is 0 Å². The third-order valence-electron chi connectivity index (χ3n) is 4.50. The lowest BCUT2D eigenvalue weighted by atomic mass is 9.99. The summed E-state index contributed by atoms with van der Waals surface area (Å²) in [5.41, 5.74) is 9.68. The van der Waals surface area contributed by atoms with E-state index < -0.39 is 0 Å². The van der Waals surface area contributed by atoms with Crippen LogP contribution in [-0.4, -0.2) is 42.5 Å². The Morgan fingerprint density at radius 2 is 1.68 bits per heavy atom. The average Bonchev–Trinajstić information content (AvgIpc) is 2.46. The van der Waals surface area contributed by atoms with Crippen molar-refractivity contribution in [1.82, 2.24) is 9.80 Å². The minimum absolute atomic E-state index is 0.903. The zero-order chi connectivity index (χ0) is 13.1. The van der Waals surface area contributed by atoms with E-state index in [9.17, 15) is 0 Å². The summed E-state index contributed by atoms with van der Waals surface area (Å²) >= 11 is 0. The number of anilines is 1. The van der Waals surface area contributed by atoms with Gasteiger partial charge in [-0.05, 0) is 55.6 Å². The molecule has 0 bridgehead atoms. The van der Waals surface area contributed by atoms with Gasteiger partial charge < -0.3 is 10.6 Å². The molecule has 2 aliphatic heterocycles. The molecule has 3 heteroatoms. The monoisotopic (exact) mass is 259 g/mol. The number of hydrogen-bond acceptors (Lipinski definition) is 3. The van der Waals surface area contributed by atoms with E-state index >= 15 is 0 Å². The second-order valence-electron chi connectivity index (χ2n) is 5.96. The Balaban J connectivity index is 1.52. The SMILES string of the molecule is Nc1ccc2c(c1)CCN(CCN1CCCCC1)C2. The van der Waals surface area contributed by atoms with E-state index in [1.165, 1.54) is 63.1 Å². The van der Waals surface area contributed by atoms with Crippen molar-refractivity contribution in [2.45, 2.75) is 32.2 Å². The molecular formula is C16H25N3. The molecule has 1 aromatic rings. The first-order valence-electron chi connectivity index (χ1n) is 7.63. The molecule has 1 saturated heterocycles. The number of rotatable bonds is 3. The lowest BCUT2D eigenvalue weighted by Gasteiger charge is -2.32. The van der Waals surface area contributed by atoms with Crippen molar-refractivity contribution >= 4 is 5.69 Å². The molecule has 0 saturated carbocycles. The van der Waals surface area contributed by atoms with Gasteiger partial charge >= 0.3 is 0 Å². The smallest absolute Gasteiger partial charge is 0.0316 e. The fourth-order valence-corrected chi connectivity index (χ4v) is 3.29. The van der Waals surface area contributed by atoms with Gasteiger partial charge in [0.1, 0.15) is 0 Å². The zero-order valence-corrected chi connectivity index (χ0v) is 11.8. The third kappa shape index (κ3) is 3.28. The molecule has 2 aliphatic rings. The maximum absolute atomic E-state index is 5.85. The average molecular weight is 259 g/mol. The number of likely N-dealkylation sites (tertiary alicyclic amines) is 1. The number of nitrogen functional groups attached to an aromatic ring is 1. The van der Waals surface area contributed by atoms with Gasteiger partial charge in [-0.3, -0.25) is 4.90 Å². The van der Waals surface area contributed by atoms with Crippen molar-refractivity contribution in [3.05, 3.63) is 29.3 Å². The summed E-state index contributed by atoms with van der Waals surface area (Å²) in [6, 6.07) is 6.39. The first-order valence-corrected chi connectivity index (χ1v) is 7.63. The highest BCUT2D eigenvalue weighted by Crippen LogP contribution is 2.21. The Bertz CT molecular complexity index is 424. The second kappa shape index (κ2) is 5.93. The van der Waals surface area contributed by atoms with Gasteiger partial charge in [-0.1, -0.05) is 12.5 Å². The Morgan fingerprint density at radius 1 is 0.895 bits per heavy atom. The molecule has 0 atom stereocenters. The van der Waals surface area contributed by atoms with Crippen LogP contribution in [0.4, 0.5) is 5.69 Å². The van der Waals surface area contributed by atoms with Crippen LogP contribution in [0.3, 0.4) is 0 Å². The van der Waals surface area contributed by atoms with Gasteiger partial charge in [0.15, 0.2) is 0 Å². The fourth-order valence-electron chi connectivity index (χ4n) is 3.29. The van der Waals surface area contributed by atoms with Gasteiger partial charge in [0.2, 0.25) is 0 Å². The lowest BCUT2D eigenvalue weighted by Crippen LogP contribution is -2.39. The Morgan fingerprint density at radius 3 is 2.53 bits per heavy atom. The van der Waals surface area contributed by atoms with Crippen molar-refractivity contribution in [2.75, 3.05) is 38.5 Å². The molecule has 3 nitrogen and oxygen atoms in total. The molecule has 104 valence electrons. The van der Waals surface area contributed by atoms with Gasteiger partial charge in [-0.15, -0.1) is 0 Å². The molecule has 0 spiro atoms. The highest BCUT2D eigenvalue weighted by atomic mass is 15.2. The summed E-state index contributed by atoms with van der Waals surface area (Å²) in [6.07, 6.45) is 5.36. The molecule has 0 amide bonds. The van der Waals surface area contributed by atoms with Gasteiger partial charge in [0, 0.05) is 31.9 Å². The molecule has 0 aliphatic carbocycles. The minimum Gasteiger partial charge on any atom is -0.399 e. The molecule has 2 heterocycles. The molecule has 0 aromatic heterocycles. The molecule has 1 aromatic carbocycles. The Labute approximate surface area is 116 Å². The second-order valence-corrected chi connectivity index (χ2v) is 5.96. The molecular weight excluding hydrogens is 234 g/mol. The summed E-state index contributed by atoms with van der Waals surface area (Å²) in [7, 11) is 0. The first kappa shape index (κ1) is 12.9. The Kier molecular flexibility index (Phi) is 4.04. The minimum atomic E-state index is 0.903. The van der Waals surface area contributed by atoms with Crippen molar-refractivity contribution in [3.63, 3.8) is 0 Å². The van der Waals surface area contributed by atoms with Crippen LogP contribution < -0.4 is 5.73 Å². The van der Waals surface area contributed by atoms with Gasteiger partial charge in [0.25, 0.3) is 0 Å². The van der Waals surface area contributed by atoms with Crippen LogP contribution in [0, 0.1) is 0 Å². The predicted molar refractivity (Wildman–Crippen MR) is 80.1 cm³/mol. The lowest BCUT2D eigenvalue weighted by molar-refractivity contribution is 0.173. The number of nitrogens with two attached hydrogens (primary N) is 1. The highest BCUT2D eigenvalue weighted by Gasteiger charge is 2.17. The van der Waals surface area contributed by atoms with Gasteiger partial charge in [-0.25, -0.2) is 0 Å². The van der Waals surface area contributed by atoms with E-state index in [1.54, 1.807) is 0 Å². The van der Waals surface area contributed by atoms with Crippen LogP contribution in [0.1, 0.15) is 30.4 Å². The third-order valence-corrected chi connectivity index (χ3v) is 4.50. The largest absolute Gasteiger partial charge is 0.399 e. The van der Waals surface area contributed by atoms with Crippen LogP contribution in [-0.2, 0) is 13.0 Å². The van der Waals surface area contributed by atoms with E-state index in [4.69, 9.17) is 5.73 Å². The van der Waals surface area contributed by atoms with Crippen molar-refractivity contribution in [3.8, 4) is 0 Å². The van der Waals surface area contributed by atoms with Crippen LogP contribution in [0.2, 0.25) is 0 Å². The Hall–Kier alpha value is -1.06. The van der Waals surface area contributed by atoms with Gasteiger partial charge in [0.05, 0.1) is 0 Å². The molecule has 19 heavy (non-hydrogen) atoms. The molecule has 0 unspecified atom stereocenters. The van der Waals surface area contributed by atoms with Crippen molar-refractivity contribution in [2.24, 2.45) is 0 Å². The fraction of sp³-hybridized carbons (Fsp3) is 0.625. The standard InChI is InChI=1S/C16H25N3/c17-16-5-4-15-13-19(9-6-14(15)12-16)11-10-18-7-2-1-3-8-18/h4-5,12H,1-3,6-11,13,17H2. The van der Waals surface area contributed by atoms with E-state index in [2.05, 4.69) is 21.9 Å². The highest BCUT2D eigenvalue weighted by molar-refractivity contribution is 5.45. The normalized spacial score (nSPS) is 21.3. The summed E-state index contributed by atoms with van der Waals surface area (Å²) in [5, 5.41) is 0. The molecule has 3 rings (SSSR count). The first-order chi connectivity index (χ1) is 9.31. The van der Waals surface area contributed by atoms with Crippen molar-refractivity contribution in [1.29, 1.82) is 0 Å². The topological polar surface area (TPSA) is 32.5 Å². The van der Waals surface area contributed by atoms with Crippen LogP contribution >= 0.6 is 0 Å². The van der Waals surface area contributed by atoms with Crippen LogP contribution in [0.15, 0.2) is 18.2 Å². The number of piperidine rings is 1. The quantitative estimate of drug-likeness (QED) is 0.844. The summed E-state index contributed by atoms with van der Waals surface area (Å²) in [6.45, 7) is 7.35. The summed E-state index contributed by atoms with van der Waals surface area (Å²) in [4.78, 5) is 5.22. The van der Waals surface area contributed by atoms with E-state index in [0.717, 1.165) is 18.7 Å². The molecule has 2 N–H and O–H groups in total. The molecule has 1 fully saturated rings.